The summed E-state index contributed by atoms with van der Waals surface area (Å²) in [6, 6.07) is 11.4. The van der Waals surface area contributed by atoms with E-state index in [1.165, 1.54) is 12.1 Å². The zero-order valence-electron chi connectivity index (χ0n) is 13.2. The van der Waals surface area contributed by atoms with E-state index in [0.29, 0.717) is 19.5 Å². The summed E-state index contributed by atoms with van der Waals surface area (Å²) in [4.78, 5) is 7.56. The van der Waals surface area contributed by atoms with E-state index in [9.17, 15) is 13.2 Å². The topological polar surface area (TPSA) is 40.7 Å². The minimum atomic E-state index is -4.28. The highest BCUT2D eigenvalue weighted by molar-refractivity contribution is 5.75. The van der Waals surface area contributed by atoms with Crippen LogP contribution in [0.2, 0.25) is 0 Å². The molecule has 0 amide bonds. The van der Waals surface area contributed by atoms with Crippen molar-refractivity contribution in [3.05, 3.63) is 65.0 Å². The van der Waals surface area contributed by atoms with Gasteiger partial charge < -0.3 is 10.3 Å². The number of nitrogens with zero attached hydrogens (tertiary/aromatic N) is 1. The smallest absolute Gasteiger partial charge is 0.342 e. The molecule has 0 unspecified atom stereocenters. The minimum absolute atomic E-state index is 0.609. The summed E-state index contributed by atoms with van der Waals surface area (Å²) >= 11 is 0. The van der Waals surface area contributed by atoms with Crippen LogP contribution in [0.15, 0.2) is 42.5 Å². The average molecular weight is 333 g/mol. The van der Waals surface area contributed by atoms with Gasteiger partial charge in [-0.15, -0.1) is 0 Å². The van der Waals surface area contributed by atoms with Gasteiger partial charge in [0.15, 0.2) is 0 Å². The quantitative estimate of drug-likeness (QED) is 0.686. The van der Waals surface area contributed by atoms with Gasteiger partial charge in [0.1, 0.15) is 5.82 Å². The molecule has 3 rings (SSSR count). The molecule has 0 aliphatic carbocycles. The number of imidazole rings is 1. The number of alkyl halides is 3. The van der Waals surface area contributed by atoms with E-state index in [-0.39, 0.29) is 0 Å². The predicted molar refractivity (Wildman–Crippen MR) is 87.7 cm³/mol. The second-order valence-electron chi connectivity index (χ2n) is 5.80. The third-order valence-electron chi connectivity index (χ3n) is 3.87. The highest BCUT2D eigenvalue weighted by atomic mass is 19.4. The Balaban J connectivity index is 1.51. The van der Waals surface area contributed by atoms with E-state index in [1.807, 2.05) is 19.1 Å². The number of aromatic amines is 1. The number of nitrogens with one attached hydrogen (secondary N) is 2. The minimum Gasteiger partial charge on any atom is -0.342 e. The average Bonchev–Trinajstić information content (AvgIpc) is 2.90. The SMILES string of the molecule is Cc1nc2ccc(CNCCc3ccc(C(F)(F)F)cc3)cc2[nH]1. The number of aromatic nitrogens is 2. The lowest BCUT2D eigenvalue weighted by Crippen LogP contribution is -2.16. The predicted octanol–water partition coefficient (Wildman–Crippen LogP) is 4.22. The van der Waals surface area contributed by atoms with Gasteiger partial charge in [0.25, 0.3) is 0 Å². The van der Waals surface area contributed by atoms with Gasteiger partial charge in [-0.3, -0.25) is 0 Å². The second kappa shape index (κ2) is 6.65. The summed E-state index contributed by atoms with van der Waals surface area (Å²) in [7, 11) is 0. The van der Waals surface area contributed by atoms with Crippen LogP contribution >= 0.6 is 0 Å². The summed E-state index contributed by atoms with van der Waals surface area (Å²) in [5.41, 5.74) is 3.37. The van der Waals surface area contributed by atoms with Crippen LogP contribution in [0.25, 0.3) is 11.0 Å². The molecule has 0 fully saturated rings. The summed E-state index contributed by atoms with van der Waals surface area (Å²) < 4.78 is 37.5. The van der Waals surface area contributed by atoms with E-state index < -0.39 is 11.7 Å². The molecule has 0 aliphatic heterocycles. The zero-order valence-corrected chi connectivity index (χ0v) is 13.2. The number of hydrogen-bond acceptors (Lipinski definition) is 2. The number of halogens is 3. The Morgan fingerprint density at radius 1 is 1.04 bits per heavy atom. The first kappa shape index (κ1) is 16.5. The lowest BCUT2D eigenvalue weighted by atomic mass is 10.1. The lowest BCUT2D eigenvalue weighted by Gasteiger charge is -2.08. The van der Waals surface area contributed by atoms with Crippen molar-refractivity contribution < 1.29 is 13.2 Å². The first-order chi connectivity index (χ1) is 11.4. The van der Waals surface area contributed by atoms with Crippen LogP contribution in [-0.2, 0) is 19.1 Å². The molecule has 0 saturated heterocycles. The standard InChI is InChI=1S/C18H18F3N3/c1-12-23-16-7-4-14(10-17(16)24-12)11-22-9-8-13-2-5-15(6-3-13)18(19,20)21/h2-7,10,22H,8-9,11H2,1H3,(H,23,24). The van der Waals surface area contributed by atoms with Gasteiger partial charge in [0, 0.05) is 6.54 Å². The van der Waals surface area contributed by atoms with Gasteiger partial charge in [0.05, 0.1) is 16.6 Å². The molecular formula is C18H18F3N3. The van der Waals surface area contributed by atoms with Gasteiger partial charge in [-0.1, -0.05) is 18.2 Å². The number of aryl methyl sites for hydroxylation is 1. The van der Waals surface area contributed by atoms with E-state index in [1.54, 1.807) is 0 Å². The fourth-order valence-electron chi connectivity index (χ4n) is 2.62. The third-order valence-corrected chi connectivity index (χ3v) is 3.87. The Hall–Kier alpha value is -2.34. The first-order valence-corrected chi connectivity index (χ1v) is 7.74. The van der Waals surface area contributed by atoms with Gasteiger partial charge in [-0.05, 0) is 55.3 Å². The summed E-state index contributed by atoms with van der Waals surface area (Å²) in [6.45, 7) is 3.32. The van der Waals surface area contributed by atoms with Gasteiger partial charge in [-0.2, -0.15) is 13.2 Å². The molecule has 0 aliphatic rings. The van der Waals surface area contributed by atoms with Crippen LogP contribution in [0, 0.1) is 6.92 Å². The van der Waals surface area contributed by atoms with Crippen LogP contribution in [0.3, 0.4) is 0 Å². The molecule has 3 nitrogen and oxygen atoms in total. The molecule has 3 aromatic rings. The van der Waals surface area contributed by atoms with Crippen molar-refractivity contribution in [1.29, 1.82) is 0 Å². The normalized spacial score (nSPS) is 12.0. The van der Waals surface area contributed by atoms with Crippen molar-refractivity contribution in [2.45, 2.75) is 26.1 Å². The molecule has 126 valence electrons. The largest absolute Gasteiger partial charge is 0.416 e. The number of H-pyrrole nitrogens is 1. The zero-order chi connectivity index (χ0) is 17.2. The van der Waals surface area contributed by atoms with Crippen molar-refractivity contribution in [1.82, 2.24) is 15.3 Å². The molecule has 1 heterocycles. The molecule has 6 heteroatoms. The maximum Gasteiger partial charge on any atom is 0.416 e. The van der Waals surface area contributed by atoms with Gasteiger partial charge >= 0.3 is 6.18 Å². The number of rotatable bonds is 5. The molecular weight excluding hydrogens is 315 g/mol. The summed E-state index contributed by atoms with van der Waals surface area (Å²) in [5.74, 6) is 0.886. The van der Waals surface area contributed by atoms with Crippen molar-refractivity contribution in [3.63, 3.8) is 0 Å². The molecule has 0 spiro atoms. The monoisotopic (exact) mass is 333 g/mol. The highest BCUT2D eigenvalue weighted by Gasteiger charge is 2.29. The van der Waals surface area contributed by atoms with E-state index in [2.05, 4.69) is 21.4 Å². The summed E-state index contributed by atoms with van der Waals surface area (Å²) in [6.07, 6.45) is -3.59. The van der Waals surface area contributed by atoms with E-state index in [4.69, 9.17) is 0 Å². The van der Waals surface area contributed by atoms with Crippen molar-refractivity contribution >= 4 is 11.0 Å². The van der Waals surface area contributed by atoms with Crippen LogP contribution < -0.4 is 5.32 Å². The maximum absolute atomic E-state index is 12.5. The Bertz CT molecular complexity index is 820. The van der Waals surface area contributed by atoms with Crippen LogP contribution in [0.4, 0.5) is 13.2 Å². The van der Waals surface area contributed by atoms with Crippen molar-refractivity contribution in [3.8, 4) is 0 Å². The lowest BCUT2D eigenvalue weighted by molar-refractivity contribution is -0.137. The first-order valence-electron chi connectivity index (χ1n) is 7.74. The highest BCUT2D eigenvalue weighted by Crippen LogP contribution is 2.29. The van der Waals surface area contributed by atoms with Crippen molar-refractivity contribution in [2.24, 2.45) is 0 Å². The Morgan fingerprint density at radius 3 is 2.46 bits per heavy atom. The van der Waals surface area contributed by atoms with Crippen LogP contribution in [-0.4, -0.2) is 16.5 Å². The van der Waals surface area contributed by atoms with Gasteiger partial charge in [0.2, 0.25) is 0 Å². The molecule has 2 N–H and O–H groups in total. The third kappa shape index (κ3) is 3.94. The molecule has 0 radical (unpaired) electrons. The van der Waals surface area contributed by atoms with Crippen LogP contribution in [0.5, 0.6) is 0 Å². The molecule has 1 aromatic heterocycles. The van der Waals surface area contributed by atoms with E-state index in [0.717, 1.165) is 40.1 Å². The Labute approximate surface area is 137 Å². The molecule has 24 heavy (non-hydrogen) atoms. The number of hydrogen-bond donors (Lipinski definition) is 2. The number of benzene rings is 2. The maximum atomic E-state index is 12.5. The van der Waals surface area contributed by atoms with Crippen molar-refractivity contribution in [2.75, 3.05) is 6.54 Å². The fraction of sp³-hybridized carbons (Fsp3) is 0.278. The fourth-order valence-corrected chi connectivity index (χ4v) is 2.62. The molecule has 0 atom stereocenters. The number of fused-ring (bicyclic) bond motifs is 1. The molecule has 0 bridgehead atoms. The molecule has 0 saturated carbocycles. The second-order valence-corrected chi connectivity index (χ2v) is 5.80. The van der Waals surface area contributed by atoms with Crippen LogP contribution in [0.1, 0.15) is 22.5 Å². The van der Waals surface area contributed by atoms with E-state index >= 15 is 0 Å². The molecule has 2 aromatic carbocycles. The Kier molecular flexibility index (Phi) is 4.57. The summed E-state index contributed by atoms with van der Waals surface area (Å²) in [5, 5.41) is 3.31. The Morgan fingerprint density at radius 2 is 1.75 bits per heavy atom. The van der Waals surface area contributed by atoms with Gasteiger partial charge in [-0.25, -0.2) is 4.98 Å².